The molecule has 28 heavy (non-hydrogen) atoms. The summed E-state index contributed by atoms with van der Waals surface area (Å²) in [6, 6.07) is 9.69. The van der Waals surface area contributed by atoms with Crippen molar-refractivity contribution in [1.29, 1.82) is 0 Å². The van der Waals surface area contributed by atoms with E-state index in [4.69, 9.17) is 16.3 Å². The van der Waals surface area contributed by atoms with Gasteiger partial charge in [-0.05, 0) is 43.2 Å². The molecule has 1 aromatic heterocycles. The number of hydrogen-bond donors (Lipinski definition) is 1. The Morgan fingerprint density at radius 1 is 1.36 bits per heavy atom. The van der Waals surface area contributed by atoms with Crippen LogP contribution in [0.5, 0.6) is 0 Å². The topological polar surface area (TPSA) is 88.6 Å². The first kappa shape index (κ1) is 20.7. The fraction of sp³-hybridized carbons (Fsp3) is 0.368. The van der Waals surface area contributed by atoms with Crippen LogP contribution in [0.4, 0.5) is 0 Å². The fourth-order valence-electron chi connectivity index (χ4n) is 2.95. The van der Waals surface area contributed by atoms with Crippen molar-refractivity contribution in [1.82, 2.24) is 14.6 Å². The van der Waals surface area contributed by atoms with Gasteiger partial charge in [-0.2, -0.15) is 0 Å². The van der Waals surface area contributed by atoms with E-state index >= 15 is 0 Å². The molecule has 1 aliphatic rings. The highest BCUT2D eigenvalue weighted by atomic mass is 35.5. The number of aromatic nitrogens is 1. The standard InChI is InChI=1S/C19H22ClN3O4S/c1-23(13-15-5-2-3-9-21-15)19(24)14-7-8-17(20)18(11-14)28(25,26)22-12-16-6-4-10-27-16/h2-3,5,7-9,11,16,22H,4,6,10,12-13H2,1H3. The van der Waals surface area contributed by atoms with Gasteiger partial charge in [-0.1, -0.05) is 17.7 Å². The van der Waals surface area contributed by atoms with Gasteiger partial charge in [0.15, 0.2) is 0 Å². The summed E-state index contributed by atoms with van der Waals surface area (Å²) in [7, 11) is -2.23. The summed E-state index contributed by atoms with van der Waals surface area (Å²) in [5, 5.41) is 0.0590. The van der Waals surface area contributed by atoms with Crippen molar-refractivity contribution in [3.8, 4) is 0 Å². The van der Waals surface area contributed by atoms with Crippen LogP contribution in [0.2, 0.25) is 5.02 Å². The summed E-state index contributed by atoms with van der Waals surface area (Å²) in [6.07, 6.45) is 3.25. The van der Waals surface area contributed by atoms with Crippen molar-refractivity contribution in [2.24, 2.45) is 0 Å². The number of carbonyl (C=O) groups excluding carboxylic acids is 1. The largest absolute Gasteiger partial charge is 0.377 e. The smallest absolute Gasteiger partial charge is 0.253 e. The second-order valence-corrected chi connectivity index (χ2v) is 8.76. The van der Waals surface area contributed by atoms with Crippen LogP contribution in [-0.4, -0.2) is 50.5 Å². The van der Waals surface area contributed by atoms with Gasteiger partial charge in [0.25, 0.3) is 5.91 Å². The van der Waals surface area contributed by atoms with E-state index in [-0.39, 0.29) is 34.0 Å². The lowest BCUT2D eigenvalue weighted by molar-refractivity contribution is 0.0783. The molecule has 150 valence electrons. The van der Waals surface area contributed by atoms with Gasteiger partial charge in [-0.15, -0.1) is 0 Å². The second-order valence-electron chi connectivity index (χ2n) is 6.61. The minimum atomic E-state index is -3.86. The van der Waals surface area contributed by atoms with Gasteiger partial charge in [0.1, 0.15) is 4.90 Å². The van der Waals surface area contributed by atoms with E-state index in [0.717, 1.165) is 18.5 Å². The van der Waals surface area contributed by atoms with Gasteiger partial charge in [0.2, 0.25) is 10.0 Å². The SMILES string of the molecule is CN(Cc1ccccn1)C(=O)c1ccc(Cl)c(S(=O)(=O)NCC2CCCO2)c1. The number of carbonyl (C=O) groups is 1. The van der Waals surface area contributed by atoms with Gasteiger partial charge in [-0.25, -0.2) is 13.1 Å². The first-order valence-electron chi connectivity index (χ1n) is 8.93. The number of sulfonamides is 1. The molecule has 1 N–H and O–H groups in total. The summed E-state index contributed by atoms with van der Waals surface area (Å²) in [5.41, 5.74) is 0.971. The van der Waals surface area contributed by atoms with E-state index in [1.165, 1.54) is 23.1 Å². The average Bonchev–Trinajstić information content (AvgIpc) is 3.21. The van der Waals surface area contributed by atoms with Crippen LogP contribution in [0.15, 0.2) is 47.5 Å². The number of benzene rings is 1. The summed E-state index contributed by atoms with van der Waals surface area (Å²) >= 11 is 6.10. The van der Waals surface area contributed by atoms with Crippen molar-refractivity contribution in [2.45, 2.75) is 30.4 Å². The first-order valence-corrected chi connectivity index (χ1v) is 10.8. The molecule has 7 nitrogen and oxygen atoms in total. The van der Waals surface area contributed by atoms with Crippen LogP contribution in [0.25, 0.3) is 0 Å². The van der Waals surface area contributed by atoms with Gasteiger partial charge in [0.05, 0.1) is 23.4 Å². The highest BCUT2D eigenvalue weighted by molar-refractivity contribution is 7.89. The second kappa shape index (κ2) is 9.00. The quantitative estimate of drug-likeness (QED) is 0.739. The van der Waals surface area contributed by atoms with Crippen LogP contribution in [-0.2, 0) is 21.3 Å². The molecule has 1 fully saturated rings. The third-order valence-corrected chi connectivity index (χ3v) is 6.37. The molecule has 9 heteroatoms. The molecule has 0 saturated carbocycles. The van der Waals surface area contributed by atoms with Crippen molar-refractivity contribution in [3.63, 3.8) is 0 Å². The van der Waals surface area contributed by atoms with Gasteiger partial charge in [-0.3, -0.25) is 9.78 Å². The van der Waals surface area contributed by atoms with Gasteiger partial charge >= 0.3 is 0 Å². The first-order chi connectivity index (χ1) is 13.4. The number of halogens is 1. The molecule has 0 bridgehead atoms. The molecule has 0 aliphatic carbocycles. The number of pyridine rings is 1. The van der Waals surface area contributed by atoms with Crippen LogP contribution < -0.4 is 4.72 Å². The summed E-state index contributed by atoms with van der Waals surface area (Å²) < 4.78 is 33.3. The third-order valence-electron chi connectivity index (χ3n) is 4.46. The van der Waals surface area contributed by atoms with E-state index in [9.17, 15) is 13.2 Å². The van der Waals surface area contributed by atoms with E-state index in [0.29, 0.717) is 13.2 Å². The van der Waals surface area contributed by atoms with E-state index in [1.807, 2.05) is 12.1 Å². The van der Waals surface area contributed by atoms with E-state index < -0.39 is 10.0 Å². The minimum absolute atomic E-state index is 0.0590. The molecule has 1 amide bonds. The predicted molar refractivity (Wildman–Crippen MR) is 106 cm³/mol. The van der Waals surface area contributed by atoms with Crippen LogP contribution >= 0.6 is 11.6 Å². The van der Waals surface area contributed by atoms with Crippen LogP contribution in [0.1, 0.15) is 28.9 Å². The maximum atomic E-state index is 12.7. The Labute approximate surface area is 169 Å². The molecule has 1 atom stereocenters. The number of amides is 1. The monoisotopic (exact) mass is 423 g/mol. The number of ether oxygens (including phenoxy) is 1. The summed E-state index contributed by atoms with van der Waals surface area (Å²) in [6.45, 7) is 1.12. The number of rotatable bonds is 7. The molecule has 2 aromatic rings. The zero-order valence-electron chi connectivity index (χ0n) is 15.5. The Kier molecular flexibility index (Phi) is 6.66. The maximum absolute atomic E-state index is 12.7. The van der Waals surface area contributed by atoms with Crippen molar-refractivity contribution >= 4 is 27.5 Å². The highest BCUT2D eigenvalue weighted by Gasteiger charge is 2.24. The van der Waals surface area contributed by atoms with Crippen LogP contribution in [0, 0.1) is 0 Å². The van der Waals surface area contributed by atoms with Crippen LogP contribution in [0.3, 0.4) is 0 Å². The Hall–Kier alpha value is -2.00. The zero-order valence-corrected chi connectivity index (χ0v) is 17.0. The molecule has 1 aromatic carbocycles. The molecule has 0 spiro atoms. The molecular weight excluding hydrogens is 402 g/mol. The molecule has 3 rings (SSSR count). The molecule has 1 aliphatic heterocycles. The fourth-order valence-corrected chi connectivity index (χ4v) is 4.54. The molecule has 2 heterocycles. The minimum Gasteiger partial charge on any atom is -0.377 e. The number of hydrogen-bond acceptors (Lipinski definition) is 5. The summed E-state index contributed by atoms with van der Waals surface area (Å²) in [4.78, 5) is 18.3. The van der Waals surface area contributed by atoms with Gasteiger partial charge < -0.3 is 9.64 Å². The predicted octanol–water partition coefficient (Wildman–Crippen LogP) is 2.46. The Morgan fingerprint density at radius 3 is 2.86 bits per heavy atom. The normalized spacial score (nSPS) is 16.9. The number of nitrogens with one attached hydrogen (secondary N) is 1. The maximum Gasteiger partial charge on any atom is 0.253 e. The van der Waals surface area contributed by atoms with Gasteiger partial charge in [0, 0.05) is 32.0 Å². The summed E-state index contributed by atoms with van der Waals surface area (Å²) in [5.74, 6) is -0.321. The van der Waals surface area contributed by atoms with Crippen molar-refractivity contribution in [2.75, 3.05) is 20.2 Å². The highest BCUT2D eigenvalue weighted by Crippen LogP contribution is 2.24. The molecule has 0 radical (unpaired) electrons. The molecule has 1 unspecified atom stereocenters. The average molecular weight is 424 g/mol. The lowest BCUT2D eigenvalue weighted by atomic mass is 10.2. The lowest BCUT2D eigenvalue weighted by Crippen LogP contribution is -2.32. The lowest BCUT2D eigenvalue weighted by Gasteiger charge is -2.18. The third kappa shape index (κ3) is 5.08. The molecule has 1 saturated heterocycles. The van der Waals surface area contributed by atoms with E-state index in [2.05, 4.69) is 9.71 Å². The van der Waals surface area contributed by atoms with Crippen molar-refractivity contribution < 1.29 is 17.9 Å². The Balaban J connectivity index is 1.75. The Morgan fingerprint density at radius 2 is 2.18 bits per heavy atom. The molecular formula is C19H22ClN3O4S. The van der Waals surface area contributed by atoms with Crippen molar-refractivity contribution in [3.05, 3.63) is 58.9 Å². The number of nitrogens with zero attached hydrogens (tertiary/aromatic N) is 2. The zero-order chi connectivity index (χ0) is 20.1. The Bertz CT molecular complexity index is 931. The van der Waals surface area contributed by atoms with E-state index in [1.54, 1.807) is 19.3 Å².